The van der Waals surface area contributed by atoms with Gasteiger partial charge in [-0.05, 0) is 29.6 Å². The number of ether oxygens (including phenoxy) is 3. The van der Waals surface area contributed by atoms with Crippen molar-refractivity contribution >= 4 is 45.4 Å². The monoisotopic (exact) mass is 454 g/mol. The molecule has 2 rings (SSSR count). The Hall–Kier alpha value is -2.30. The molecule has 0 bridgehead atoms. The third-order valence-electron chi connectivity index (χ3n) is 2.89. The highest BCUT2D eigenvalue weighted by Crippen LogP contribution is 2.39. The van der Waals surface area contributed by atoms with Gasteiger partial charge in [-0.2, -0.15) is 0 Å². The lowest BCUT2D eigenvalue weighted by molar-refractivity contribution is -0.274. The maximum atomic E-state index is 14.0. The van der Waals surface area contributed by atoms with Gasteiger partial charge in [-0.1, -0.05) is 15.9 Å². The van der Waals surface area contributed by atoms with Gasteiger partial charge in [-0.15, -0.1) is 13.2 Å². The number of carboxylic acid groups (broad SMARTS) is 1. The Labute approximate surface area is 168 Å². The lowest BCUT2D eigenvalue weighted by Crippen LogP contribution is -2.37. The Morgan fingerprint density at radius 2 is 1.64 bits per heavy atom. The van der Waals surface area contributed by atoms with Crippen LogP contribution in [-0.4, -0.2) is 46.3 Å². The third kappa shape index (κ3) is 6.11. The van der Waals surface area contributed by atoms with Gasteiger partial charge in [-0.3, -0.25) is 0 Å². The molecule has 1 N–H and O–H groups in total. The molecule has 0 heterocycles. The first kappa shape index (κ1) is 22.0. The van der Waals surface area contributed by atoms with Crippen LogP contribution in [0.1, 0.15) is 10.4 Å². The van der Waals surface area contributed by atoms with Gasteiger partial charge in [0.1, 0.15) is 46.4 Å². The van der Waals surface area contributed by atoms with Gasteiger partial charge >= 0.3 is 12.3 Å². The van der Waals surface area contributed by atoms with Gasteiger partial charge in [0, 0.05) is 10.5 Å². The summed E-state index contributed by atoms with van der Waals surface area (Å²) in [5.41, 5.74) is -0.829. The second-order valence-electron chi connectivity index (χ2n) is 5.28. The fourth-order valence-electron chi connectivity index (χ4n) is 2.00. The molecule has 5 nitrogen and oxygen atoms in total. The van der Waals surface area contributed by atoms with Crippen molar-refractivity contribution in [3.8, 4) is 23.0 Å². The molecule has 0 aliphatic rings. The second kappa shape index (κ2) is 7.98. The zero-order valence-corrected chi connectivity index (χ0v) is 15.2. The normalized spacial score (nSPS) is 11.8. The van der Waals surface area contributed by atoms with Crippen LogP contribution >= 0.6 is 15.9 Å². The van der Waals surface area contributed by atoms with Gasteiger partial charge in [-0.25, -0.2) is 9.18 Å². The minimum absolute atomic E-state index is 0.135. The lowest BCUT2D eigenvalue weighted by Gasteiger charge is -2.25. The molecule has 0 unspecified atom stereocenters. The molecule has 0 saturated heterocycles. The first-order chi connectivity index (χ1) is 12.7. The molecule has 0 saturated carbocycles. The van der Waals surface area contributed by atoms with Gasteiger partial charge in [0.25, 0.3) is 0 Å². The Morgan fingerprint density at radius 1 is 1.00 bits per heavy atom. The number of aromatic carboxylic acids is 1. The van der Waals surface area contributed by atoms with Crippen LogP contribution in [-0.2, 0) is 0 Å². The molecule has 0 atom stereocenters. The fourth-order valence-corrected chi connectivity index (χ4v) is 2.41. The summed E-state index contributed by atoms with van der Waals surface area (Å²) in [5.74, 6) is -4.86. The molecule has 0 aromatic heterocycles. The van der Waals surface area contributed by atoms with Crippen molar-refractivity contribution in [3.63, 3.8) is 0 Å². The minimum atomic E-state index is -5.01. The minimum Gasteiger partial charge on any atom is -0.512 e. The standard InChI is InChI=1S/C15H6B3BrF4O5/c16-14(17,18)28-10-5-7(27-15(21,22)23)1-2-9(10)26-11-4-6(19)3-8(20)12(11)13(24)25/h1-5H,(H,24,25). The van der Waals surface area contributed by atoms with Gasteiger partial charge in [0.2, 0.25) is 0 Å². The molecule has 0 fully saturated rings. The van der Waals surface area contributed by atoms with E-state index in [2.05, 4.69) is 20.7 Å². The largest absolute Gasteiger partial charge is 0.573 e. The maximum absolute atomic E-state index is 14.0. The molecule has 6 radical (unpaired) electrons. The maximum Gasteiger partial charge on any atom is 0.573 e. The van der Waals surface area contributed by atoms with Crippen LogP contribution in [0.25, 0.3) is 0 Å². The van der Waals surface area contributed by atoms with E-state index in [0.29, 0.717) is 6.07 Å². The number of alkyl halides is 3. The summed E-state index contributed by atoms with van der Waals surface area (Å²) in [7, 11) is 15.9. The second-order valence-corrected chi connectivity index (χ2v) is 6.20. The number of rotatable bonds is 6. The van der Waals surface area contributed by atoms with Crippen molar-refractivity contribution in [1.29, 1.82) is 0 Å². The number of halogens is 5. The molecule has 0 spiro atoms. The van der Waals surface area contributed by atoms with Crippen LogP contribution < -0.4 is 14.2 Å². The topological polar surface area (TPSA) is 65.0 Å². The summed E-state index contributed by atoms with van der Waals surface area (Å²) >= 11 is 2.97. The van der Waals surface area contributed by atoms with E-state index in [1.54, 1.807) is 0 Å². The average Bonchev–Trinajstić information content (AvgIpc) is 2.45. The number of hydrogen-bond acceptors (Lipinski definition) is 4. The van der Waals surface area contributed by atoms with Crippen LogP contribution in [0, 0.1) is 5.82 Å². The zero-order chi connectivity index (χ0) is 21.3. The molecular formula is C15H6B3BrF4O5. The van der Waals surface area contributed by atoms with E-state index in [1.807, 2.05) is 0 Å². The first-order valence-electron chi connectivity index (χ1n) is 7.11. The quantitative estimate of drug-likeness (QED) is 0.535. The highest BCUT2D eigenvalue weighted by molar-refractivity contribution is 9.10. The number of carbonyl (C=O) groups is 1. The van der Waals surface area contributed by atoms with Crippen molar-refractivity contribution in [2.75, 3.05) is 0 Å². The van der Waals surface area contributed by atoms with Crippen molar-refractivity contribution in [3.05, 3.63) is 46.2 Å². The molecule has 2 aromatic rings. The highest BCUT2D eigenvalue weighted by Gasteiger charge is 2.32. The van der Waals surface area contributed by atoms with Crippen LogP contribution in [0.4, 0.5) is 17.6 Å². The summed E-state index contributed by atoms with van der Waals surface area (Å²) in [6.07, 6.45) is -5.01. The van der Waals surface area contributed by atoms with E-state index in [1.165, 1.54) is 0 Å². The molecule has 2 aromatic carbocycles. The SMILES string of the molecule is [B]C([B])([B])Oc1cc(OC(F)(F)F)ccc1Oc1cc(Br)cc(F)c1C(=O)O. The van der Waals surface area contributed by atoms with E-state index in [-0.39, 0.29) is 10.2 Å². The Morgan fingerprint density at radius 3 is 2.18 bits per heavy atom. The number of hydrogen-bond donors (Lipinski definition) is 1. The van der Waals surface area contributed by atoms with Gasteiger partial charge in [0.05, 0.1) is 0 Å². The molecular weight excluding hydrogens is 448 g/mol. The zero-order valence-electron chi connectivity index (χ0n) is 13.6. The van der Waals surface area contributed by atoms with Crippen LogP contribution in [0.3, 0.4) is 0 Å². The van der Waals surface area contributed by atoms with E-state index in [4.69, 9.17) is 33.0 Å². The Balaban J connectivity index is 2.52. The Bertz CT molecular complexity index is 902. The van der Waals surface area contributed by atoms with Crippen molar-refractivity contribution in [2.24, 2.45) is 0 Å². The van der Waals surface area contributed by atoms with E-state index in [9.17, 15) is 27.5 Å². The van der Waals surface area contributed by atoms with Crippen molar-refractivity contribution in [2.45, 2.75) is 11.7 Å². The van der Waals surface area contributed by atoms with Crippen LogP contribution in [0.5, 0.6) is 23.0 Å². The van der Waals surface area contributed by atoms with E-state index < -0.39 is 46.3 Å². The number of benzene rings is 2. The Kier molecular flexibility index (Phi) is 6.27. The average molecular weight is 455 g/mol. The van der Waals surface area contributed by atoms with Crippen LogP contribution in [0.15, 0.2) is 34.8 Å². The third-order valence-corrected chi connectivity index (χ3v) is 3.35. The molecule has 0 aliphatic heterocycles. The predicted molar refractivity (Wildman–Crippen MR) is 94.9 cm³/mol. The predicted octanol–water partition coefficient (Wildman–Crippen LogP) is 3.47. The summed E-state index contributed by atoms with van der Waals surface area (Å²) < 4.78 is 65.3. The first-order valence-corrected chi connectivity index (χ1v) is 7.90. The van der Waals surface area contributed by atoms with Gasteiger partial charge < -0.3 is 19.3 Å². The smallest absolute Gasteiger partial charge is 0.512 e. The van der Waals surface area contributed by atoms with Crippen LogP contribution in [0.2, 0.25) is 0 Å². The van der Waals surface area contributed by atoms with E-state index >= 15 is 0 Å². The number of carboxylic acids is 1. The van der Waals surface area contributed by atoms with Gasteiger partial charge in [0.15, 0.2) is 11.5 Å². The fraction of sp³-hybridized carbons (Fsp3) is 0.133. The summed E-state index contributed by atoms with van der Waals surface area (Å²) in [6, 6.07) is 4.50. The lowest BCUT2D eigenvalue weighted by atomic mass is 9.52. The summed E-state index contributed by atoms with van der Waals surface area (Å²) in [4.78, 5) is 11.3. The van der Waals surface area contributed by atoms with Crippen molar-refractivity contribution < 1.29 is 41.7 Å². The summed E-state index contributed by atoms with van der Waals surface area (Å²) in [6.45, 7) is 0. The van der Waals surface area contributed by atoms with E-state index in [0.717, 1.165) is 24.3 Å². The highest BCUT2D eigenvalue weighted by atomic mass is 79.9. The molecule has 28 heavy (non-hydrogen) atoms. The molecule has 0 aliphatic carbocycles. The van der Waals surface area contributed by atoms with Crippen molar-refractivity contribution in [1.82, 2.24) is 0 Å². The molecule has 140 valence electrons. The molecule has 0 amide bonds. The molecule has 13 heteroatoms. The summed E-state index contributed by atoms with van der Waals surface area (Å²) in [5, 5.41) is 6.85.